The third kappa shape index (κ3) is 4.32. The van der Waals surface area contributed by atoms with E-state index >= 15 is 0 Å². The molecule has 2 rings (SSSR count). The van der Waals surface area contributed by atoms with Gasteiger partial charge in [0.15, 0.2) is 0 Å². The number of likely N-dealkylation sites (tertiary alicyclic amines) is 1. The van der Waals surface area contributed by atoms with Gasteiger partial charge < -0.3 is 9.47 Å². The number of nitrogens with zero attached hydrogens (tertiary/aromatic N) is 3. The zero-order valence-corrected chi connectivity index (χ0v) is 13.7. The predicted octanol–water partition coefficient (Wildman–Crippen LogP) is 3.44. The number of piperidine rings is 1. The Hall–Kier alpha value is -1.32. The SMILES string of the molecule is CCCCC(=O)N1CCC(Cn2ccnc2C(C)C)CC1. The lowest BCUT2D eigenvalue weighted by atomic mass is 9.96. The van der Waals surface area contributed by atoms with Crippen molar-refractivity contribution in [3.63, 3.8) is 0 Å². The topological polar surface area (TPSA) is 38.1 Å². The highest BCUT2D eigenvalue weighted by atomic mass is 16.2. The summed E-state index contributed by atoms with van der Waals surface area (Å²) < 4.78 is 2.30. The summed E-state index contributed by atoms with van der Waals surface area (Å²) in [7, 11) is 0. The standard InChI is InChI=1S/C17H29N3O/c1-4-5-6-16(21)19-10-7-15(8-11-19)13-20-12-9-18-17(20)14(2)3/h9,12,14-15H,4-8,10-11,13H2,1-3H3. The van der Waals surface area contributed by atoms with Crippen molar-refractivity contribution in [3.05, 3.63) is 18.2 Å². The fraction of sp³-hybridized carbons (Fsp3) is 0.765. The van der Waals surface area contributed by atoms with Gasteiger partial charge in [0.2, 0.25) is 5.91 Å². The van der Waals surface area contributed by atoms with Crippen molar-refractivity contribution in [2.45, 2.75) is 65.3 Å². The molecule has 1 aliphatic heterocycles. The number of hydrogen-bond donors (Lipinski definition) is 0. The number of aromatic nitrogens is 2. The van der Waals surface area contributed by atoms with Crippen LogP contribution in [0.3, 0.4) is 0 Å². The first-order valence-corrected chi connectivity index (χ1v) is 8.40. The molecule has 1 saturated heterocycles. The van der Waals surface area contributed by atoms with E-state index in [0.29, 0.717) is 17.7 Å². The molecule has 0 N–H and O–H groups in total. The summed E-state index contributed by atoms with van der Waals surface area (Å²) in [6.07, 6.45) is 9.07. The number of carbonyl (C=O) groups is 1. The summed E-state index contributed by atoms with van der Waals surface area (Å²) in [5.74, 6) is 2.67. The van der Waals surface area contributed by atoms with Gasteiger partial charge in [0.05, 0.1) is 0 Å². The Labute approximate surface area is 128 Å². The van der Waals surface area contributed by atoms with Gasteiger partial charge in [0, 0.05) is 44.4 Å². The minimum atomic E-state index is 0.348. The van der Waals surface area contributed by atoms with Crippen molar-refractivity contribution in [2.24, 2.45) is 5.92 Å². The molecule has 0 atom stereocenters. The number of unbranched alkanes of at least 4 members (excludes halogenated alkanes) is 1. The first-order valence-electron chi connectivity index (χ1n) is 8.40. The molecule has 0 aliphatic carbocycles. The first-order chi connectivity index (χ1) is 10.1. The lowest BCUT2D eigenvalue weighted by Gasteiger charge is -2.32. The van der Waals surface area contributed by atoms with Crippen LogP contribution in [0, 0.1) is 5.92 Å². The molecule has 1 amide bonds. The summed E-state index contributed by atoms with van der Waals surface area (Å²) in [6.45, 7) is 9.42. The van der Waals surface area contributed by atoms with Gasteiger partial charge in [-0.2, -0.15) is 0 Å². The average Bonchev–Trinajstić information content (AvgIpc) is 2.94. The Morgan fingerprint density at radius 3 is 2.71 bits per heavy atom. The fourth-order valence-electron chi connectivity index (χ4n) is 3.11. The molecule has 2 heterocycles. The van der Waals surface area contributed by atoms with Crippen LogP contribution in [0.15, 0.2) is 12.4 Å². The van der Waals surface area contributed by atoms with Crippen LogP contribution in [0.4, 0.5) is 0 Å². The number of imidazole rings is 1. The summed E-state index contributed by atoms with van der Waals surface area (Å²) in [5, 5.41) is 0. The maximum atomic E-state index is 12.0. The third-order valence-corrected chi connectivity index (χ3v) is 4.43. The molecule has 21 heavy (non-hydrogen) atoms. The van der Waals surface area contributed by atoms with Crippen LogP contribution in [0.5, 0.6) is 0 Å². The minimum Gasteiger partial charge on any atom is -0.343 e. The number of amides is 1. The average molecular weight is 291 g/mol. The van der Waals surface area contributed by atoms with E-state index in [2.05, 4.69) is 41.4 Å². The van der Waals surface area contributed by atoms with E-state index in [4.69, 9.17) is 0 Å². The van der Waals surface area contributed by atoms with E-state index in [1.165, 1.54) is 5.82 Å². The number of rotatable bonds is 6. The zero-order valence-electron chi connectivity index (χ0n) is 13.7. The zero-order chi connectivity index (χ0) is 15.2. The van der Waals surface area contributed by atoms with Crippen LogP contribution in [0.1, 0.15) is 64.6 Å². The van der Waals surface area contributed by atoms with Crippen LogP contribution >= 0.6 is 0 Å². The highest BCUT2D eigenvalue weighted by molar-refractivity contribution is 5.76. The van der Waals surface area contributed by atoms with Gasteiger partial charge in [-0.25, -0.2) is 4.98 Å². The highest BCUT2D eigenvalue weighted by Gasteiger charge is 2.23. The quantitative estimate of drug-likeness (QED) is 0.805. The van der Waals surface area contributed by atoms with E-state index in [1.807, 2.05) is 6.20 Å². The normalized spacial score (nSPS) is 16.7. The molecule has 0 saturated carbocycles. The van der Waals surface area contributed by atoms with Gasteiger partial charge in [0.25, 0.3) is 0 Å². The molecular formula is C17H29N3O. The van der Waals surface area contributed by atoms with Crippen LogP contribution in [0.25, 0.3) is 0 Å². The van der Waals surface area contributed by atoms with E-state index in [0.717, 1.165) is 51.7 Å². The molecule has 0 unspecified atom stereocenters. The molecule has 0 radical (unpaired) electrons. The van der Waals surface area contributed by atoms with Crippen LogP contribution in [0.2, 0.25) is 0 Å². The number of carbonyl (C=O) groups excluding carboxylic acids is 1. The molecule has 0 spiro atoms. The second-order valence-corrected chi connectivity index (χ2v) is 6.52. The summed E-state index contributed by atoms with van der Waals surface area (Å²) in [4.78, 5) is 18.6. The van der Waals surface area contributed by atoms with E-state index in [9.17, 15) is 4.79 Å². The molecule has 118 valence electrons. The maximum absolute atomic E-state index is 12.0. The molecular weight excluding hydrogens is 262 g/mol. The molecule has 0 bridgehead atoms. The lowest BCUT2D eigenvalue weighted by molar-refractivity contribution is -0.132. The summed E-state index contributed by atoms with van der Waals surface area (Å²) in [6, 6.07) is 0. The van der Waals surface area contributed by atoms with Gasteiger partial charge in [0.1, 0.15) is 5.82 Å². The Kier molecular flexibility index (Phi) is 5.83. The highest BCUT2D eigenvalue weighted by Crippen LogP contribution is 2.22. The van der Waals surface area contributed by atoms with Crippen molar-refractivity contribution in [1.29, 1.82) is 0 Å². The Morgan fingerprint density at radius 1 is 1.38 bits per heavy atom. The molecule has 0 aromatic carbocycles. The van der Waals surface area contributed by atoms with E-state index in [1.54, 1.807) is 0 Å². The Balaban J connectivity index is 1.81. The van der Waals surface area contributed by atoms with Crippen molar-refractivity contribution in [2.75, 3.05) is 13.1 Å². The molecule has 1 aliphatic rings. The lowest BCUT2D eigenvalue weighted by Crippen LogP contribution is -2.39. The van der Waals surface area contributed by atoms with Crippen LogP contribution in [-0.2, 0) is 11.3 Å². The smallest absolute Gasteiger partial charge is 0.222 e. The predicted molar refractivity (Wildman–Crippen MR) is 85.1 cm³/mol. The van der Waals surface area contributed by atoms with Gasteiger partial charge in [-0.3, -0.25) is 4.79 Å². The second kappa shape index (κ2) is 7.62. The third-order valence-electron chi connectivity index (χ3n) is 4.43. The maximum Gasteiger partial charge on any atom is 0.222 e. The van der Waals surface area contributed by atoms with Crippen molar-refractivity contribution >= 4 is 5.91 Å². The summed E-state index contributed by atoms with van der Waals surface area (Å²) in [5.41, 5.74) is 0. The fourth-order valence-corrected chi connectivity index (χ4v) is 3.11. The Bertz CT molecular complexity index is 445. The van der Waals surface area contributed by atoms with Crippen LogP contribution in [-0.4, -0.2) is 33.4 Å². The van der Waals surface area contributed by atoms with Gasteiger partial charge in [-0.05, 0) is 25.2 Å². The molecule has 4 heteroatoms. The molecule has 1 fully saturated rings. The first kappa shape index (κ1) is 16.1. The Morgan fingerprint density at radius 2 is 2.10 bits per heavy atom. The minimum absolute atomic E-state index is 0.348. The number of hydrogen-bond acceptors (Lipinski definition) is 2. The van der Waals surface area contributed by atoms with E-state index < -0.39 is 0 Å². The van der Waals surface area contributed by atoms with E-state index in [-0.39, 0.29) is 0 Å². The van der Waals surface area contributed by atoms with Crippen LogP contribution < -0.4 is 0 Å². The largest absolute Gasteiger partial charge is 0.343 e. The van der Waals surface area contributed by atoms with Gasteiger partial charge in [-0.15, -0.1) is 0 Å². The monoisotopic (exact) mass is 291 g/mol. The molecule has 4 nitrogen and oxygen atoms in total. The summed E-state index contributed by atoms with van der Waals surface area (Å²) >= 11 is 0. The molecule has 1 aromatic heterocycles. The second-order valence-electron chi connectivity index (χ2n) is 6.52. The van der Waals surface area contributed by atoms with Gasteiger partial charge in [-0.1, -0.05) is 27.2 Å². The van der Waals surface area contributed by atoms with Crippen molar-refractivity contribution in [3.8, 4) is 0 Å². The van der Waals surface area contributed by atoms with Crippen molar-refractivity contribution in [1.82, 2.24) is 14.5 Å². The van der Waals surface area contributed by atoms with Gasteiger partial charge >= 0.3 is 0 Å². The molecule has 1 aromatic rings. The van der Waals surface area contributed by atoms with Crippen molar-refractivity contribution < 1.29 is 4.79 Å².